The minimum Gasteiger partial charge on any atom is -0.497 e. The number of methoxy groups -OCH3 is 1. The Hall–Kier alpha value is -1.88. The van der Waals surface area contributed by atoms with Gasteiger partial charge in [-0.1, -0.05) is 18.3 Å². The third-order valence-corrected chi connectivity index (χ3v) is 4.55. The van der Waals surface area contributed by atoms with Gasteiger partial charge in [0.1, 0.15) is 5.75 Å². The van der Waals surface area contributed by atoms with Crippen LogP contribution < -0.4 is 4.74 Å². The Bertz CT molecular complexity index is 773. The smallest absolute Gasteiger partial charge is 0.211 e. The summed E-state index contributed by atoms with van der Waals surface area (Å²) in [5, 5.41) is 5.53. The van der Waals surface area contributed by atoms with Crippen molar-refractivity contribution in [1.82, 2.24) is 14.8 Å². The number of benzene rings is 1. The van der Waals surface area contributed by atoms with Gasteiger partial charge in [0.25, 0.3) is 0 Å². The predicted molar refractivity (Wildman–Crippen MR) is 82.1 cm³/mol. The van der Waals surface area contributed by atoms with Gasteiger partial charge in [0, 0.05) is 5.69 Å². The fourth-order valence-electron chi connectivity index (χ4n) is 2.48. The first-order chi connectivity index (χ1) is 9.63. The Balaban J connectivity index is 2.15. The number of hydrogen-bond donors (Lipinski definition) is 0. The summed E-state index contributed by atoms with van der Waals surface area (Å²) in [4.78, 5) is 4.67. The standard InChI is InChI=1S/C15H17N3OS/c1-5-12-9(2)17-18(10(12)3)15-16-13-7-6-11(19-4)8-14(13)20-15/h6-8H,5H2,1-4H3. The van der Waals surface area contributed by atoms with E-state index in [1.807, 2.05) is 22.9 Å². The molecule has 0 unspecified atom stereocenters. The van der Waals surface area contributed by atoms with Crippen molar-refractivity contribution in [1.29, 1.82) is 0 Å². The molecule has 2 heterocycles. The Morgan fingerprint density at radius 3 is 2.75 bits per heavy atom. The van der Waals surface area contributed by atoms with E-state index in [4.69, 9.17) is 4.74 Å². The van der Waals surface area contributed by atoms with Crippen molar-refractivity contribution in [3.63, 3.8) is 0 Å². The fraction of sp³-hybridized carbons (Fsp3) is 0.333. The van der Waals surface area contributed by atoms with Crippen molar-refractivity contribution in [2.45, 2.75) is 27.2 Å². The molecule has 0 aliphatic carbocycles. The number of fused-ring (bicyclic) bond motifs is 1. The van der Waals surface area contributed by atoms with Crippen LogP contribution in [-0.4, -0.2) is 21.9 Å². The SMILES string of the molecule is CCc1c(C)nn(-c2nc3ccc(OC)cc3s2)c1C. The Labute approximate surface area is 122 Å². The van der Waals surface area contributed by atoms with E-state index in [0.717, 1.165) is 33.2 Å². The van der Waals surface area contributed by atoms with Gasteiger partial charge in [0.15, 0.2) is 0 Å². The summed E-state index contributed by atoms with van der Waals surface area (Å²) in [7, 11) is 1.68. The number of ether oxygens (including phenoxy) is 1. The average molecular weight is 287 g/mol. The molecule has 5 heteroatoms. The van der Waals surface area contributed by atoms with E-state index in [-0.39, 0.29) is 0 Å². The van der Waals surface area contributed by atoms with Gasteiger partial charge < -0.3 is 4.74 Å². The van der Waals surface area contributed by atoms with Crippen LogP contribution in [0, 0.1) is 13.8 Å². The normalized spacial score (nSPS) is 11.2. The predicted octanol–water partition coefficient (Wildman–Crippen LogP) is 3.67. The maximum Gasteiger partial charge on any atom is 0.211 e. The highest BCUT2D eigenvalue weighted by Crippen LogP contribution is 2.29. The summed E-state index contributed by atoms with van der Waals surface area (Å²) in [6.07, 6.45) is 0.996. The third kappa shape index (κ3) is 1.98. The van der Waals surface area contributed by atoms with E-state index in [0.29, 0.717) is 0 Å². The molecule has 0 fully saturated rings. The van der Waals surface area contributed by atoms with Gasteiger partial charge in [-0.3, -0.25) is 0 Å². The first-order valence-electron chi connectivity index (χ1n) is 6.64. The zero-order chi connectivity index (χ0) is 14.3. The van der Waals surface area contributed by atoms with Gasteiger partial charge in [-0.05, 0) is 44.0 Å². The fourth-order valence-corrected chi connectivity index (χ4v) is 3.48. The highest BCUT2D eigenvalue weighted by Gasteiger charge is 2.14. The summed E-state index contributed by atoms with van der Waals surface area (Å²) in [6, 6.07) is 5.94. The minimum absolute atomic E-state index is 0.857. The number of thiazole rings is 1. The quantitative estimate of drug-likeness (QED) is 0.738. The van der Waals surface area contributed by atoms with Gasteiger partial charge in [-0.25, -0.2) is 9.67 Å². The van der Waals surface area contributed by atoms with E-state index < -0.39 is 0 Å². The van der Waals surface area contributed by atoms with Crippen LogP contribution in [0.5, 0.6) is 5.75 Å². The summed E-state index contributed by atoms with van der Waals surface area (Å²) in [6.45, 7) is 6.31. The van der Waals surface area contributed by atoms with E-state index in [1.165, 1.54) is 11.3 Å². The molecule has 0 atom stereocenters. The molecule has 0 radical (unpaired) electrons. The number of aromatic nitrogens is 3. The van der Waals surface area contributed by atoms with Gasteiger partial charge in [0.2, 0.25) is 5.13 Å². The zero-order valence-electron chi connectivity index (χ0n) is 12.1. The third-order valence-electron chi connectivity index (χ3n) is 3.56. The first-order valence-corrected chi connectivity index (χ1v) is 7.45. The lowest BCUT2D eigenvalue weighted by Crippen LogP contribution is -1.98. The van der Waals surface area contributed by atoms with Crippen molar-refractivity contribution in [3.8, 4) is 10.9 Å². The molecule has 3 rings (SSSR count). The van der Waals surface area contributed by atoms with Gasteiger partial charge >= 0.3 is 0 Å². The van der Waals surface area contributed by atoms with Crippen LogP contribution in [-0.2, 0) is 6.42 Å². The molecule has 0 spiro atoms. The molecule has 0 N–H and O–H groups in total. The van der Waals surface area contributed by atoms with Crippen LogP contribution in [0.2, 0.25) is 0 Å². The Kier molecular flexibility index (Phi) is 3.22. The second-order valence-corrected chi connectivity index (χ2v) is 5.75. The summed E-state index contributed by atoms with van der Waals surface area (Å²) in [5.41, 5.74) is 4.55. The first kappa shape index (κ1) is 13.1. The monoisotopic (exact) mass is 287 g/mol. The molecule has 20 heavy (non-hydrogen) atoms. The molecule has 0 bridgehead atoms. The van der Waals surface area contributed by atoms with Crippen LogP contribution >= 0.6 is 11.3 Å². The molecule has 0 amide bonds. The Morgan fingerprint density at radius 2 is 2.10 bits per heavy atom. The number of rotatable bonds is 3. The van der Waals surface area contributed by atoms with Gasteiger partial charge in [0.05, 0.1) is 23.0 Å². The highest BCUT2D eigenvalue weighted by atomic mass is 32.1. The molecule has 0 saturated carbocycles. The summed E-state index contributed by atoms with van der Waals surface area (Å²) < 4.78 is 8.32. The minimum atomic E-state index is 0.857. The van der Waals surface area contributed by atoms with Crippen molar-refractivity contribution in [3.05, 3.63) is 35.2 Å². The number of hydrogen-bond acceptors (Lipinski definition) is 4. The largest absolute Gasteiger partial charge is 0.497 e. The molecule has 4 nitrogen and oxygen atoms in total. The molecule has 0 aliphatic heterocycles. The van der Waals surface area contributed by atoms with Crippen molar-refractivity contribution < 1.29 is 4.74 Å². The summed E-state index contributed by atoms with van der Waals surface area (Å²) >= 11 is 1.64. The molecule has 1 aromatic carbocycles. The number of aryl methyl sites for hydroxylation is 1. The van der Waals surface area contributed by atoms with Crippen LogP contribution in [0.4, 0.5) is 0 Å². The van der Waals surface area contributed by atoms with E-state index in [9.17, 15) is 0 Å². The summed E-state index contributed by atoms with van der Waals surface area (Å²) in [5.74, 6) is 0.857. The lowest BCUT2D eigenvalue weighted by molar-refractivity contribution is 0.415. The van der Waals surface area contributed by atoms with Crippen molar-refractivity contribution in [2.75, 3.05) is 7.11 Å². The maximum absolute atomic E-state index is 5.26. The molecule has 0 aliphatic rings. The van der Waals surface area contributed by atoms with E-state index >= 15 is 0 Å². The topological polar surface area (TPSA) is 39.9 Å². The molecule has 3 aromatic rings. The van der Waals surface area contributed by atoms with Crippen LogP contribution in [0.3, 0.4) is 0 Å². The van der Waals surface area contributed by atoms with E-state index in [1.54, 1.807) is 18.4 Å². The lowest BCUT2D eigenvalue weighted by Gasteiger charge is -1.99. The van der Waals surface area contributed by atoms with Crippen molar-refractivity contribution >= 4 is 21.6 Å². The van der Waals surface area contributed by atoms with Crippen molar-refractivity contribution in [2.24, 2.45) is 0 Å². The number of nitrogens with zero attached hydrogens (tertiary/aromatic N) is 3. The van der Waals surface area contributed by atoms with Crippen LogP contribution in [0.1, 0.15) is 23.9 Å². The molecule has 2 aromatic heterocycles. The second-order valence-electron chi connectivity index (χ2n) is 4.74. The molecular weight excluding hydrogens is 270 g/mol. The molecule has 0 saturated heterocycles. The van der Waals surface area contributed by atoms with E-state index in [2.05, 4.69) is 30.9 Å². The van der Waals surface area contributed by atoms with Crippen LogP contribution in [0.15, 0.2) is 18.2 Å². The second kappa shape index (κ2) is 4.90. The maximum atomic E-state index is 5.26. The molecular formula is C15H17N3OS. The van der Waals surface area contributed by atoms with Gasteiger partial charge in [-0.2, -0.15) is 5.10 Å². The average Bonchev–Trinajstić information content (AvgIpc) is 2.98. The van der Waals surface area contributed by atoms with Gasteiger partial charge in [-0.15, -0.1) is 0 Å². The lowest BCUT2D eigenvalue weighted by atomic mass is 10.1. The zero-order valence-corrected chi connectivity index (χ0v) is 12.9. The van der Waals surface area contributed by atoms with Crippen LogP contribution in [0.25, 0.3) is 15.3 Å². The molecule has 104 valence electrons. The Morgan fingerprint density at radius 1 is 1.30 bits per heavy atom. The highest BCUT2D eigenvalue weighted by molar-refractivity contribution is 7.20.